The zero-order chi connectivity index (χ0) is 12.4. The second-order valence-corrected chi connectivity index (χ2v) is 7.45. The van der Waals surface area contributed by atoms with Gasteiger partial charge >= 0.3 is 0 Å². The third-order valence-corrected chi connectivity index (χ3v) is 6.70. The van der Waals surface area contributed by atoms with Crippen molar-refractivity contribution >= 4 is 9.84 Å². The summed E-state index contributed by atoms with van der Waals surface area (Å²) in [6.45, 7) is 4.55. The number of sulfone groups is 1. The molecule has 0 aliphatic heterocycles. The molecule has 1 rings (SSSR count). The van der Waals surface area contributed by atoms with Crippen LogP contribution in [0.3, 0.4) is 0 Å². The lowest BCUT2D eigenvalue weighted by Crippen LogP contribution is -2.48. The summed E-state index contributed by atoms with van der Waals surface area (Å²) in [5.41, 5.74) is 5.76. The van der Waals surface area contributed by atoms with Crippen molar-refractivity contribution in [2.75, 3.05) is 26.0 Å². The van der Waals surface area contributed by atoms with Crippen LogP contribution < -0.4 is 5.73 Å². The fourth-order valence-electron chi connectivity index (χ4n) is 2.98. The van der Waals surface area contributed by atoms with Crippen molar-refractivity contribution in [3.05, 3.63) is 0 Å². The molecule has 1 aliphatic rings. The molecule has 1 saturated carbocycles. The number of rotatable bonds is 5. The molecule has 5 heteroatoms. The lowest BCUT2D eigenvalue weighted by molar-refractivity contribution is 0.152. The molecule has 96 valence electrons. The van der Waals surface area contributed by atoms with Gasteiger partial charge in [0.1, 0.15) is 0 Å². The first-order chi connectivity index (χ1) is 7.43. The second kappa shape index (κ2) is 5.02. The predicted octanol–water partition coefficient (Wildman–Crippen LogP) is 0.811. The molecule has 4 nitrogen and oxygen atoms in total. The van der Waals surface area contributed by atoms with Crippen LogP contribution in [0.2, 0.25) is 0 Å². The minimum absolute atomic E-state index is 0.127. The summed E-state index contributed by atoms with van der Waals surface area (Å²) in [4.78, 5) is 0. The van der Waals surface area contributed by atoms with E-state index in [0.717, 1.165) is 6.42 Å². The Bertz CT molecular complexity index is 328. The van der Waals surface area contributed by atoms with Crippen molar-refractivity contribution in [1.82, 2.24) is 0 Å². The molecule has 0 aromatic heterocycles. The summed E-state index contributed by atoms with van der Waals surface area (Å²) in [7, 11) is -1.44. The molecule has 0 radical (unpaired) electrons. The normalized spacial score (nSPS) is 35.5. The number of ether oxygens (including phenoxy) is 1. The van der Waals surface area contributed by atoms with E-state index >= 15 is 0 Å². The predicted molar refractivity (Wildman–Crippen MR) is 65.0 cm³/mol. The molecule has 1 fully saturated rings. The zero-order valence-electron chi connectivity index (χ0n) is 10.4. The third-order valence-electron chi connectivity index (χ3n) is 3.97. The quantitative estimate of drug-likeness (QED) is 0.783. The van der Waals surface area contributed by atoms with Crippen molar-refractivity contribution in [2.24, 2.45) is 17.6 Å². The standard InChI is InChI=1S/C11H23NO3S/c1-4-16(13,14)11(8-12)6-10(7-15-3)5-9(11)2/h9-10H,4-8,12H2,1-3H3/t9-,10+,11+/m1/s1. The molecule has 0 aromatic carbocycles. The Morgan fingerprint density at radius 1 is 1.50 bits per heavy atom. The average molecular weight is 249 g/mol. The van der Waals surface area contributed by atoms with E-state index in [4.69, 9.17) is 10.5 Å². The number of nitrogens with two attached hydrogens (primary N) is 1. The van der Waals surface area contributed by atoms with Gasteiger partial charge in [0.05, 0.1) is 4.75 Å². The molecule has 3 atom stereocenters. The molecule has 0 amide bonds. The van der Waals surface area contributed by atoms with Crippen LogP contribution >= 0.6 is 0 Å². The van der Waals surface area contributed by atoms with E-state index in [1.54, 1.807) is 14.0 Å². The van der Waals surface area contributed by atoms with Gasteiger partial charge in [-0.1, -0.05) is 13.8 Å². The van der Waals surface area contributed by atoms with Crippen molar-refractivity contribution in [1.29, 1.82) is 0 Å². The highest BCUT2D eigenvalue weighted by atomic mass is 32.2. The SMILES string of the molecule is CCS(=O)(=O)[C@]1(CN)C[C@@H](COC)C[C@H]1C. The van der Waals surface area contributed by atoms with Crippen molar-refractivity contribution in [2.45, 2.75) is 31.4 Å². The summed E-state index contributed by atoms with van der Waals surface area (Å²) in [6, 6.07) is 0. The fourth-order valence-corrected chi connectivity index (χ4v) is 5.01. The van der Waals surface area contributed by atoms with E-state index in [1.807, 2.05) is 6.92 Å². The monoisotopic (exact) mass is 249 g/mol. The van der Waals surface area contributed by atoms with E-state index in [1.165, 1.54) is 0 Å². The molecule has 2 N–H and O–H groups in total. The minimum atomic E-state index is -3.09. The molecule has 0 heterocycles. The molecule has 0 unspecified atom stereocenters. The van der Waals surface area contributed by atoms with Crippen LogP contribution in [0.1, 0.15) is 26.7 Å². The van der Waals surface area contributed by atoms with Gasteiger partial charge in [-0.25, -0.2) is 8.42 Å². The van der Waals surface area contributed by atoms with Gasteiger partial charge in [-0.05, 0) is 24.7 Å². The van der Waals surface area contributed by atoms with Crippen molar-refractivity contribution < 1.29 is 13.2 Å². The Balaban J connectivity index is 2.98. The Labute approximate surface area is 98.5 Å². The average Bonchev–Trinajstić information content (AvgIpc) is 2.57. The maximum Gasteiger partial charge on any atom is 0.157 e. The first-order valence-corrected chi connectivity index (χ1v) is 7.50. The van der Waals surface area contributed by atoms with Crippen LogP contribution in [0.15, 0.2) is 0 Å². The lowest BCUT2D eigenvalue weighted by Gasteiger charge is -2.31. The van der Waals surface area contributed by atoms with Crippen LogP contribution in [0, 0.1) is 11.8 Å². The van der Waals surface area contributed by atoms with Gasteiger partial charge in [0.15, 0.2) is 9.84 Å². The van der Waals surface area contributed by atoms with E-state index in [2.05, 4.69) is 0 Å². The van der Waals surface area contributed by atoms with Crippen LogP contribution in [0.25, 0.3) is 0 Å². The number of hydrogen-bond acceptors (Lipinski definition) is 4. The van der Waals surface area contributed by atoms with Gasteiger partial charge in [-0.2, -0.15) is 0 Å². The fraction of sp³-hybridized carbons (Fsp3) is 1.00. The smallest absolute Gasteiger partial charge is 0.157 e. The largest absolute Gasteiger partial charge is 0.384 e. The van der Waals surface area contributed by atoms with Crippen LogP contribution in [-0.2, 0) is 14.6 Å². The van der Waals surface area contributed by atoms with E-state index < -0.39 is 14.6 Å². The van der Waals surface area contributed by atoms with Crippen LogP contribution in [0.5, 0.6) is 0 Å². The van der Waals surface area contributed by atoms with E-state index in [-0.39, 0.29) is 18.2 Å². The van der Waals surface area contributed by atoms with Gasteiger partial charge in [0.2, 0.25) is 0 Å². The molecular weight excluding hydrogens is 226 g/mol. The van der Waals surface area contributed by atoms with Crippen LogP contribution in [0.4, 0.5) is 0 Å². The summed E-state index contributed by atoms with van der Waals surface area (Å²) in [5.74, 6) is 0.626. The Morgan fingerprint density at radius 3 is 2.56 bits per heavy atom. The molecule has 0 spiro atoms. The first-order valence-electron chi connectivity index (χ1n) is 5.84. The molecule has 16 heavy (non-hydrogen) atoms. The van der Waals surface area contributed by atoms with E-state index in [0.29, 0.717) is 18.9 Å². The Kier molecular flexibility index (Phi) is 4.37. The lowest BCUT2D eigenvalue weighted by atomic mass is 9.97. The van der Waals surface area contributed by atoms with Gasteiger partial charge in [0, 0.05) is 26.0 Å². The number of hydrogen-bond donors (Lipinski definition) is 1. The van der Waals surface area contributed by atoms with Crippen molar-refractivity contribution in [3.63, 3.8) is 0 Å². The third kappa shape index (κ3) is 2.13. The number of methoxy groups -OCH3 is 1. The van der Waals surface area contributed by atoms with Crippen molar-refractivity contribution in [3.8, 4) is 0 Å². The topological polar surface area (TPSA) is 69.4 Å². The zero-order valence-corrected chi connectivity index (χ0v) is 11.2. The molecular formula is C11H23NO3S. The summed E-state index contributed by atoms with van der Waals surface area (Å²) < 4.78 is 28.8. The van der Waals surface area contributed by atoms with Crippen LogP contribution in [-0.4, -0.2) is 39.2 Å². The highest BCUT2D eigenvalue weighted by molar-refractivity contribution is 7.92. The first kappa shape index (κ1) is 13.9. The molecule has 0 bridgehead atoms. The highest BCUT2D eigenvalue weighted by Gasteiger charge is 2.52. The molecule has 0 saturated heterocycles. The summed E-state index contributed by atoms with van der Waals surface area (Å²) in [5, 5.41) is 0. The van der Waals surface area contributed by atoms with Gasteiger partial charge in [-0.3, -0.25) is 0 Å². The molecule has 0 aromatic rings. The van der Waals surface area contributed by atoms with Gasteiger partial charge in [-0.15, -0.1) is 0 Å². The summed E-state index contributed by atoms with van der Waals surface area (Å²) >= 11 is 0. The Hall–Kier alpha value is -0.130. The second-order valence-electron chi connectivity index (χ2n) is 4.83. The van der Waals surface area contributed by atoms with E-state index in [9.17, 15) is 8.42 Å². The maximum absolute atomic E-state index is 12.2. The molecule has 1 aliphatic carbocycles. The van der Waals surface area contributed by atoms with Gasteiger partial charge in [0.25, 0.3) is 0 Å². The minimum Gasteiger partial charge on any atom is -0.384 e. The maximum atomic E-state index is 12.2. The summed E-state index contributed by atoms with van der Waals surface area (Å²) in [6.07, 6.45) is 1.54. The Morgan fingerprint density at radius 2 is 2.12 bits per heavy atom. The highest BCUT2D eigenvalue weighted by Crippen LogP contribution is 2.44. The van der Waals surface area contributed by atoms with Gasteiger partial charge < -0.3 is 10.5 Å².